The molecule has 0 spiro atoms. The van der Waals surface area contributed by atoms with Gasteiger partial charge in [0.1, 0.15) is 9.77 Å². The maximum atomic E-state index is 13.8. The van der Waals surface area contributed by atoms with E-state index in [4.69, 9.17) is 0 Å². The van der Waals surface area contributed by atoms with Gasteiger partial charge in [-0.15, -0.1) is 11.3 Å². The number of sulfonamides is 1. The van der Waals surface area contributed by atoms with Gasteiger partial charge in [0.15, 0.2) is 0 Å². The SMILES string of the molecule is CCn1cc(S(=O)(=O)N2CC(=O)N(c3cc(-c4ccc(C)cc4)sc3C(=O)O)C(C3CCCCC3)C2)cn1. The molecule has 2 aromatic heterocycles. The van der Waals surface area contributed by atoms with E-state index in [1.165, 1.54) is 16.7 Å². The summed E-state index contributed by atoms with van der Waals surface area (Å²) in [6.07, 6.45) is 7.65. The van der Waals surface area contributed by atoms with E-state index in [1.54, 1.807) is 15.6 Å². The van der Waals surface area contributed by atoms with E-state index >= 15 is 0 Å². The molecule has 1 atom stereocenters. The second-order valence-corrected chi connectivity index (χ2v) is 13.0. The predicted molar refractivity (Wildman–Crippen MR) is 146 cm³/mol. The number of hydrogen-bond donors (Lipinski definition) is 1. The van der Waals surface area contributed by atoms with Crippen molar-refractivity contribution in [3.63, 3.8) is 0 Å². The molecule has 0 bridgehead atoms. The topological polar surface area (TPSA) is 113 Å². The Labute approximate surface area is 226 Å². The molecule has 1 saturated heterocycles. The fourth-order valence-electron chi connectivity index (χ4n) is 5.52. The average Bonchev–Trinajstić information content (AvgIpc) is 3.57. The van der Waals surface area contributed by atoms with E-state index in [1.807, 2.05) is 38.1 Å². The van der Waals surface area contributed by atoms with Gasteiger partial charge in [-0.05, 0) is 44.2 Å². The average molecular weight is 557 g/mol. The summed E-state index contributed by atoms with van der Waals surface area (Å²) in [5.41, 5.74) is 2.33. The molecule has 0 radical (unpaired) electrons. The Morgan fingerprint density at radius 2 is 1.87 bits per heavy atom. The van der Waals surface area contributed by atoms with Crippen molar-refractivity contribution in [1.82, 2.24) is 14.1 Å². The van der Waals surface area contributed by atoms with E-state index in [9.17, 15) is 23.1 Å². The number of rotatable bonds is 7. The summed E-state index contributed by atoms with van der Waals surface area (Å²) in [6.45, 7) is 4.16. The van der Waals surface area contributed by atoms with Gasteiger partial charge >= 0.3 is 5.97 Å². The molecule has 38 heavy (non-hydrogen) atoms. The molecule has 1 aromatic carbocycles. The zero-order valence-corrected chi connectivity index (χ0v) is 23.2. The Kier molecular flexibility index (Phi) is 7.43. The first-order valence-electron chi connectivity index (χ1n) is 13.0. The van der Waals surface area contributed by atoms with Crippen molar-refractivity contribution in [3.8, 4) is 10.4 Å². The van der Waals surface area contributed by atoms with Gasteiger partial charge < -0.3 is 10.0 Å². The zero-order valence-electron chi connectivity index (χ0n) is 21.5. The minimum Gasteiger partial charge on any atom is -0.477 e. The normalized spacial score (nSPS) is 19.7. The largest absolute Gasteiger partial charge is 0.477 e. The summed E-state index contributed by atoms with van der Waals surface area (Å²) in [5.74, 6) is -1.43. The van der Waals surface area contributed by atoms with Crippen LogP contribution >= 0.6 is 11.3 Å². The maximum Gasteiger partial charge on any atom is 0.348 e. The number of carbonyl (C=O) groups excluding carboxylic acids is 1. The summed E-state index contributed by atoms with van der Waals surface area (Å²) in [6, 6.07) is 9.15. The van der Waals surface area contributed by atoms with E-state index in [0.717, 1.165) is 59.4 Å². The molecular weight excluding hydrogens is 524 g/mol. The molecule has 1 N–H and O–H groups in total. The summed E-state index contributed by atoms with van der Waals surface area (Å²) in [5, 5.41) is 14.2. The van der Waals surface area contributed by atoms with Crippen molar-refractivity contribution in [2.45, 2.75) is 63.4 Å². The first-order chi connectivity index (χ1) is 18.2. The minimum atomic E-state index is -3.94. The van der Waals surface area contributed by atoms with Crippen LogP contribution in [0.2, 0.25) is 0 Å². The van der Waals surface area contributed by atoms with Crippen molar-refractivity contribution in [2.24, 2.45) is 5.92 Å². The summed E-state index contributed by atoms with van der Waals surface area (Å²) < 4.78 is 29.9. The van der Waals surface area contributed by atoms with E-state index < -0.39 is 27.9 Å². The highest BCUT2D eigenvalue weighted by Crippen LogP contribution is 2.42. The molecule has 1 aliphatic heterocycles. The number of aryl methyl sites for hydroxylation is 2. The summed E-state index contributed by atoms with van der Waals surface area (Å²) >= 11 is 1.14. The molecule has 202 valence electrons. The lowest BCUT2D eigenvalue weighted by atomic mass is 9.82. The van der Waals surface area contributed by atoms with Crippen molar-refractivity contribution in [2.75, 3.05) is 18.0 Å². The van der Waals surface area contributed by atoms with Crippen molar-refractivity contribution in [3.05, 3.63) is 53.2 Å². The number of aromatic carboxylic acids is 1. The second kappa shape index (κ2) is 10.6. The standard InChI is InChI=1S/C27H32N4O5S2/c1-3-29-15-21(14-28-29)38(35,36)30-16-23(19-7-5-4-6-8-19)31(25(32)17-30)22-13-24(37-26(22)27(33)34)20-11-9-18(2)10-12-20/h9-15,19,23H,3-8,16-17H2,1-2H3,(H,33,34). The van der Waals surface area contributed by atoms with Gasteiger partial charge in [0.2, 0.25) is 15.9 Å². The molecule has 11 heteroatoms. The van der Waals surface area contributed by atoms with Gasteiger partial charge in [-0.25, -0.2) is 13.2 Å². The number of benzene rings is 1. The fraction of sp³-hybridized carbons (Fsp3) is 0.444. The molecule has 1 unspecified atom stereocenters. The molecule has 9 nitrogen and oxygen atoms in total. The highest BCUT2D eigenvalue weighted by atomic mass is 32.2. The van der Waals surface area contributed by atoms with E-state index in [-0.39, 0.29) is 28.8 Å². The number of thiophene rings is 1. The third kappa shape index (κ3) is 5.02. The lowest BCUT2D eigenvalue weighted by Gasteiger charge is -2.44. The number of carbonyl (C=O) groups is 2. The van der Waals surface area contributed by atoms with Crippen molar-refractivity contribution >= 4 is 38.9 Å². The van der Waals surface area contributed by atoms with Gasteiger partial charge in [0.05, 0.1) is 24.5 Å². The van der Waals surface area contributed by atoms with Crippen LogP contribution in [0.5, 0.6) is 0 Å². The summed E-state index contributed by atoms with van der Waals surface area (Å²) in [7, 11) is -3.94. The number of nitrogens with zero attached hydrogens (tertiary/aromatic N) is 4. The van der Waals surface area contributed by atoms with Crippen LogP contribution in [0.1, 0.15) is 54.3 Å². The predicted octanol–water partition coefficient (Wildman–Crippen LogP) is 4.62. The summed E-state index contributed by atoms with van der Waals surface area (Å²) in [4.78, 5) is 28.6. The third-order valence-corrected chi connectivity index (χ3v) is 10.5. The lowest BCUT2D eigenvalue weighted by Crippen LogP contribution is -2.60. The lowest BCUT2D eigenvalue weighted by molar-refractivity contribution is -0.121. The van der Waals surface area contributed by atoms with Crippen LogP contribution in [0.3, 0.4) is 0 Å². The molecule has 3 heterocycles. The van der Waals surface area contributed by atoms with Gasteiger partial charge in [-0.3, -0.25) is 9.48 Å². The first-order valence-corrected chi connectivity index (χ1v) is 15.2. The molecule has 1 aliphatic carbocycles. The second-order valence-electron chi connectivity index (χ2n) is 10.1. The van der Waals surface area contributed by atoms with Crippen LogP contribution in [0.4, 0.5) is 5.69 Å². The first kappa shape index (κ1) is 26.6. The Morgan fingerprint density at radius 1 is 1.16 bits per heavy atom. The maximum absolute atomic E-state index is 13.8. The van der Waals surface area contributed by atoms with Crippen LogP contribution in [-0.4, -0.2) is 58.6 Å². The zero-order chi connectivity index (χ0) is 27.0. The molecular formula is C27H32N4O5S2. The van der Waals surface area contributed by atoms with E-state index in [2.05, 4.69) is 5.10 Å². The highest BCUT2D eigenvalue weighted by molar-refractivity contribution is 7.89. The molecule has 1 amide bonds. The molecule has 2 fully saturated rings. The van der Waals surface area contributed by atoms with Crippen LogP contribution in [0.25, 0.3) is 10.4 Å². The number of amides is 1. The Balaban J connectivity index is 1.55. The fourth-order valence-corrected chi connectivity index (χ4v) is 7.87. The minimum absolute atomic E-state index is 0.0615. The Hall–Kier alpha value is -3.02. The molecule has 2 aliphatic rings. The monoisotopic (exact) mass is 556 g/mol. The van der Waals surface area contributed by atoms with Crippen LogP contribution in [0.15, 0.2) is 47.6 Å². The van der Waals surface area contributed by atoms with Crippen LogP contribution in [-0.2, 0) is 21.4 Å². The van der Waals surface area contributed by atoms with Crippen molar-refractivity contribution < 1.29 is 23.1 Å². The highest BCUT2D eigenvalue weighted by Gasteiger charge is 2.44. The number of carboxylic acid groups (broad SMARTS) is 1. The quantitative estimate of drug-likeness (QED) is 0.454. The Bertz CT molecular complexity index is 1440. The number of aromatic nitrogens is 2. The van der Waals surface area contributed by atoms with Crippen LogP contribution < -0.4 is 4.90 Å². The number of anilines is 1. The van der Waals surface area contributed by atoms with Gasteiger partial charge in [-0.2, -0.15) is 9.40 Å². The third-order valence-electron chi connectivity index (χ3n) is 7.57. The smallest absolute Gasteiger partial charge is 0.348 e. The molecule has 1 saturated carbocycles. The van der Waals surface area contributed by atoms with Crippen molar-refractivity contribution in [1.29, 1.82) is 0 Å². The molecule has 3 aromatic rings. The van der Waals surface area contributed by atoms with Gasteiger partial charge in [0.25, 0.3) is 0 Å². The number of hydrogen-bond acceptors (Lipinski definition) is 6. The van der Waals surface area contributed by atoms with Gasteiger partial charge in [0, 0.05) is 24.2 Å². The Morgan fingerprint density at radius 3 is 2.50 bits per heavy atom. The number of carboxylic acids is 1. The van der Waals surface area contributed by atoms with Gasteiger partial charge in [-0.1, -0.05) is 49.1 Å². The van der Waals surface area contributed by atoms with E-state index in [0.29, 0.717) is 12.2 Å². The van der Waals surface area contributed by atoms with Crippen LogP contribution in [0, 0.1) is 12.8 Å². The number of piperazine rings is 1. The molecule has 5 rings (SSSR count).